The van der Waals surface area contributed by atoms with Crippen molar-refractivity contribution in [2.75, 3.05) is 0 Å². The summed E-state index contributed by atoms with van der Waals surface area (Å²) in [5.74, 6) is 0. The molecule has 0 saturated heterocycles. The molecule has 3 aromatic carbocycles. The highest BCUT2D eigenvalue weighted by Crippen LogP contribution is 2.33. The third kappa shape index (κ3) is 2.55. The van der Waals surface area contributed by atoms with Crippen molar-refractivity contribution in [3.8, 4) is 0 Å². The van der Waals surface area contributed by atoms with Gasteiger partial charge in [0, 0.05) is 0 Å². The van der Waals surface area contributed by atoms with Gasteiger partial charge < -0.3 is 0 Å². The summed E-state index contributed by atoms with van der Waals surface area (Å²) >= 11 is 0. The minimum Gasteiger partial charge on any atom is -0.0616 e. The highest BCUT2D eigenvalue weighted by Gasteiger charge is 2.13. The van der Waals surface area contributed by atoms with E-state index in [2.05, 4.69) is 48.5 Å². The third-order valence-electron chi connectivity index (χ3n) is 4.61. The average Bonchev–Trinajstić information content (AvgIpc) is 3.43. The Kier molecular flexibility index (Phi) is 3.39. The molecule has 0 heteroatoms. The molecule has 0 nitrogen and oxygen atoms in total. The highest BCUT2D eigenvalue weighted by molar-refractivity contribution is 6.08. The zero-order chi connectivity index (χ0) is 14.1. The fourth-order valence-electron chi connectivity index (χ4n) is 3.34. The molecule has 0 N–H and O–H groups in total. The largest absolute Gasteiger partial charge is 0.0616 e. The molecule has 0 aliphatic heterocycles. The van der Waals surface area contributed by atoms with E-state index in [0.29, 0.717) is 0 Å². The summed E-state index contributed by atoms with van der Waals surface area (Å²) < 4.78 is 0. The number of hydrogen-bond donors (Lipinski definition) is 0. The van der Waals surface area contributed by atoms with Crippen molar-refractivity contribution in [3.63, 3.8) is 0 Å². The zero-order valence-corrected chi connectivity index (χ0v) is 12.6. The first kappa shape index (κ1) is 12.9. The molecule has 3 aromatic rings. The molecule has 0 aromatic heterocycles. The second-order valence-electron chi connectivity index (χ2n) is 6.35. The Balaban J connectivity index is 0.000000344. The predicted octanol–water partition coefficient (Wildman–Crippen LogP) is 6.04. The monoisotopic (exact) mass is 274 g/mol. The molecule has 0 radical (unpaired) electrons. The number of fused-ring (bicyclic) bond motifs is 5. The van der Waals surface area contributed by atoms with Crippen LogP contribution < -0.4 is 0 Å². The van der Waals surface area contributed by atoms with Gasteiger partial charge in [0.2, 0.25) is 0 Å². The lowest BCUT2D eigenvalue weighted by Crippen LogP contribution is -2.02. The van der Waals surface area contributed by atoms with Gasteiger partial charge in [-0.25, -0.2) is 0 Å². The fourth-order valence-corrected chi connectivity index (χ4v) is 3.34. The molecule has 5 rings (SSSR count). The van der Waals surface area contributed by atoms with Crippen LogP contribution >= 0.6 is 0 Å². The molecular weight excluding hydrogens is 252 g/mol. The summed E-state index contributed by atoms with van der Waals surface area (Å²) in [5, 5.41) is 5.64. The summed E-state index contributed by atoms with van der Waals surface area (Å²) in [6.45, 7) is 0. The molecule has 1 fully saturated rings. The Morgan fingerprint density at radius 2 is 1.29 bits per heavy atom. The summed E-state index contributed by atoms with van der Waals surface area (Å²) in [7, 11) is 0. The van der Waals surface area contributed by atoms with E-state index in [4.69, 9.17) is 0 Å². The summed E-state index contributed by atoms with van der Waals surface area (Å²) in [5.41, 5.74) is 3.17. The molecular formula is C21H22. The van der Waals surface area contributed by atoms with Crippen molar-refractivity contribution in [3.05, 3.63) is 59.7 Å². The van der Waals surface area contributed by atoms with Crippen LogP contribution in [-0.2, 0) is 12.8 Å². The molecule has 2 aliphatic rings. The van der Waals surface area contributed by atoms with E-state index in [1.165, 1.54) is 66.5 Å². The predicted molar refractivity (Wildman–Crippen MR) is 91.9 cm³/mol. The lowest BCUT2D eigenvalue weighted by Gasteiger charge is -2.18. The first-order valence-corrected chi connectivity index (χ1v) is 8.36. The first-order chi connectivity index (χ1) is 10.4. The van der Waals surface area contributed by atoms with Crippen LogP contribution in [0.2, 0.25) is 0 Å². The Morgan fingerprint density at radius 3 is 2.14 bits per heavy atom. The molecule has 21 heavy (non-hydrogen) atoms. The highest BCUT2D eigenvalue weighted by atomic mass is 14.2. The van der Waals surface area contributed by atoms with Crippen LogP contribution in [-0.4, -0.2) is 0 Å². The quantitative estimate of drug-likeness (QED) is 0.438. The van der Waals surface area contributed by atoms with Gasteiger partial charge in [0.25, 0.3) is 0 Å². The molecule has 106 valence electrons. The van der Waals surface area contributed by atoms with Crippen molar-refractivity contribution < 1.29 is 0 Å². The van der Waals surface area contributed by atoms with Gasteiger partial charge in [-0.3, -0.25) is 0 Å². The van der Waals surface area contributed by atoms with Crippen LogP contribution in [0.15, 0.2) is 48.5 Å². The summed E-state index contributed by atoms with van der Waals surface area (Å²) in [6, 6.07) is 18.0. The van der Waals surface area contributed by atoms with E-state index in [1.54, 1.807) is 11.1 Å². The number of benzene rings is 3. The zero-order valence-electron chi connectivity index (χ0n) is 12.6. The number of rotatable bonds is 0. The van der Waals surface area contributed by atoms with Gasteiger partial charge in [-0.15, -0.1) is 0 Å². The minimum absolute atomic E-state index is 1.25. The van der Waals surface area contributed by atoms with E-state index >= 15 is 0 Å². The van der Waals surface area contributed by atoms with E-state index in [-0.39, 0.29) is 0 Å². The Labute approximate surface area is 126 Å². The number of aryl methyl sites for hydroxylation is 2. The van der Waals surface area contributed by atoms with Gasteiger partial charge in [-0.2, -0.15) is 0 Å². The normalized spacial score (nSPS) is 16.2. The van der Waals surface area contributed by atoms with Crippen molar-refractivity contribution >= 4 is 21.5 Å². The molecule has 0 unspecified atom stereocenters. The number of hydrogen-bond acceptors (Lipinski definition) is 0. The van der Waals surface area contributed by atoms with Crippen LogP contribution in [0.25, 0.3) is 21.5 Å². The maximum Gasteiger partial charge on any atom is -0.0102 e. The van der Waals surface area contributed by atoms with Gasteiger partial charge in [-0.05, 0) is 58.4 Å². The van der Waals surface area contributed by atoms with Crippen molar-refractivity contribution in [2.24, 2.45) is 0 Å². The second-order valence-corrected chi connectivity index (χ2v) is 6.35. The van der Waals surface area contributed by atoms with E-state index in [9.17, 15) is 0 Å². The standard InChI is InChI=1S/C18H16.C3H6/c1-3-7-15-13(5-1)9-11-18-16-8-4-2-6-14(16)10-12-17(15)18;1-2-3-1/h1,3,5,7,9-12H,2,4,6,8H2;1-3H2. The Bertz CT molecular complexity index is 778. The Morgan fingerprint density at radius 1 is 0.524 bits per heavy atom. The van der Waals surface area contributed by atoms with E-state index in [0.717, 1.165) is 0 Å². The maximum atomic E-state index is 2.35. The lowest BCUT2D eigenvalue weighted by molar-refractivity contribution is 0.690. The van der Waals surface area contributed by atoms with Crippen LogP contribution in [0.3, 0.4) is 0 Å². The second kappa shape index (κ2) is 5.52. The molecule has 0 amide bonds. The van der Waals surface area contributed by atoms with Gasteiger partial charge in [0.15, 0.2) is 0 Å². The third-order valence-corrected chi connectivity index (χ3v) is 4.61. The van der Waals surface area contributed by atoms with Crippen LogP contribution in [0.1, 0.15) is 43.2 Å². The fraction of sp³-hybridized carbons (Fsp3) is 0.333. The van der Waals surface area contributed by atoms with Crippen molar-refractivity contribution in [2.45, 2.75) is 44.9 Å². The van der Waals surface area contributed by atoms with E-state index < -0.39 is 0 Å². The van der Waals surface area contributed by atoms with Crippen molar-refractivity contribution in [1.82, 2.24) is 0 Å². The maximum absolute atomic E-state index is 2.35. The van der Waals surface area contributed by atoms with Gasteiger partial charge in [0.05, 0.1) is 0 Å². The van der Waals surface area contributed by atoms with Gasteiger partial charge in [0.1, 0.15) is 0 Å². The lowest BCUT2D eigenvalue weighted by atomic mass is 9.86. The van der Waals surface area contributed by atoms with Crippen molar-refractivity contribution in [1.29, 1.82) is 0 Å². The smallest absolute Gasteiger partial charge is 0.0102 e. The van der Waals surface area contributed by atoms with Gasteiger partial charge in [-0.1, -0.05) is 67.8 Å². The van der Waals surface area contributed by atoms with Crippen LogP contribution in [0, 0.1) is 0 Å². The van der Waals surface area contributed by atoms with Gasteiger partial charge >= 0.3 is 0 Å². The molecule has 1 saturated carbocycles. The van der Waals surface area contributed by atoms with Crippen LogP contribution in [0.4, 0.5) is 0 Å². The molecule has 0 spiro atoms. The molecule has 2 aliphatic carbocycles. The summed E-state index contributed by atoms with van der Waals surface area (Å²) in [4.78, 5) is 0. The molecule has 0 heterocycles. The average molecular weight is 274 g/mol. The topological polar surface area (TPSA) is 0 Å². The first-order valence-electron chi connectivity index (χ1n) is 8.36. The van der Waals surface area contributed by atoms with Crippen LogP contribution in [0.5, 0.6) is 0 Å². The molecule has 0 atom stereocenters. The molecule has 0 bridgehead atoms. The minimum atomic E-state index is 1.25. The summed E-state index contributed by atoms with van der Waals surface area (Å²) in [6.07, 6.45) is 9.72. The Hall–Kier alpha value is -1.82. The SMILES string of the molecule is C1CC1.c1ccc2c(c1)ccc1c3c(ccc12)CCCC3. The van der Waals surface area contributed by atoms with E-state index in [1.807, 2.05) is 0 Å².